The number of pyridine rings is 2. The van der Waals surface area contributed by atoms with Gasteiger partial charge in [-0.15, -0.1) is 0 Å². The molecule has 0 spiro atoms. The normalized spacial score (nSPS) is 19.8. The number of hydroxylamine groups is 2. The van der Waals surface area contributed by atoms with Gasteiger partial charge in [-0.1, -0.05) is 30.3 Å². The molecule has 1 aliphatic rings. The number of aromatic nitrogens is 4. The van der Waals surface area contributed by atoms with Gasteiger partial charge in [0.05, 0.1) is 11.6 Å². The van der Waals surface area contributed by atoms with Gasteiger partial charge in [-0.25, -0.2) is 4.98 Å². The molecule has 1 saturated heterocycles. The average molecular weight is 401 g/mol. The number of anilines is 1. The Morgan fingerprint density at radius 1 is 1.13 bits per heavy atom. The Bertz CT molecular complexity index is 1160. The summed E-state index contributed by atoms with van der Waals surface area (Å²) in [5.74, 6) is 0.697. The first-order valence-electron chi connectivity index (χ1n) is 9.88. The van der Waals surface area contributed by atoms with Crippen LogP contribution in [0, 0.1) is 6.92 Å². The Kier molecular flexibility index (Phi) is 4.88. The molecule has 8 nitrogen and oxygen atoms in total. The molecular formula is C22H23N7O. The number of nitrogens with one attached hydrogen (secondary N) is 3. The van der Waals surface area contributed by atoms with Crippen LogP contribution in [0.3, 0.4) is 0 Å². The second-order valence-electron chi connectivity index (χ2n) is 7.44. The number of hydrogen-bond acceptors (Lipinski definition) is 7. The summed E-state index contributed by atoms with van der Waals surface area (Å²) in [5, 5.41) is 17.2. The molecule has 2 unspecified atom stereocenters. The van der Waals surface area contributed by atoms with E-state index in [1.165, 1.54) is 5.56 Å². The van der Waals surface area contributed by atoms with Gasteiger partial charge in [0, 0.05) is 48.7 Å². The van der Waals surface area contributed by atoms with Gasteiger partial charge in [0.1, 0.15) is 11.5 Å². The lowest BCUT2D eigenvalue weighted by Gasteiger charge is -2.37. The lowest BCUT2D eigenvalue weighted by atomic mass is 10.1. The lowest BCUT2D eigenvalue weighted by Crippen LogP contribution is -2.52. The van der Waals surface area contributed by atoms with E-state index in [0.717, 1.165) is 34.4 Å². The first kappa shape index (κ1) is 18.7. The molecule has 0 amide bonds. The van der Waals surface area contributed by atoms with Gasteiger partial charge in [0.15, 0.2) is 0 Å². The number of hydrogen-bond donors (Lipinski definition) is 3. The van der Waals surface area contributed by atoms with Crippen LogP contribution < -0.4 is 10.6 Å². The van der Waals surface area contributed by atoms with Crippen LogP contribution in [0.5, 0.6) is 0 Å². The highest BCUT2D eigenvalue weighted by atomic mass is 16.7. The third-order valence-electron chi connectivity index (χ3n) is 5.18. The number of fused-ring (bicyclic) bond motifs is 1. The van der Waals surface area contributed by atoms with Crippen molar-refractivity contribution in [3.63, 3.8) is 0 Å². The predicted octanol–water partition coefficient (Wildman–Crippen LogP) is 3.23. The number of aryl methyl sites for hydroxylation is 1. The Hall–Kier alpha value is -3.33. The average Bonchev–Trinajstić information content (AvgIpc) is 3.17. The Balaban J connectivity index is 1.36. The summed E-state index contributed by atoms with van der Waals surface area (Å²) in [6.45, 7) is 2.72. The molecule has 3 aromatic heterocycles. The van der Waals surface area contributed by atoms with E-state index in [-0.39, 0.29) is 6.04 Å². The molecule has 30 heavy (non-hydrogen) atoms. The summed E-state index contributed by atoms with van der Waals surface area (Å²) in [5.41, 5.74) is 4.95. The van der Waals surface area contributed by atoms with Crippen molar-refractivity contribution < 1.29 is 4.84 Å². The topological polar surface area (TPSA) is 91.0 Å². The maximum absolute atomic E-state index is 5.88. The third kappa shape index (κ3) is 3.76. The van der Waals surface area contributed by atoms with Gasteiger partial charge in [0.2, 0.25) is 6.35 Å². The summed E-state index contributed by atoms with van der Waals surface area (Å²) in [4.78, 5) is 14.7. The van der Waals surface area contributed by atoms with Crippen molar-refractivity contribution >= 4 is 16.7 Å². The van der Waals surface area contributed by atoms with E-state index in [2.05, 4.69) is 42.9 Å². The van der Waals surface area contributed by atoms with Crippen molar-refractivity contribution in [3.05, 3.63) is 72.2 Å². The molecule has 5 rings (SSSR count). The van der Waals surface area contributed by atoms with E-state index >= 15 is 0 Å². The Morgan fingerprint density at radius 3 is 2.83 bits per heavy atom. The molecule has 152 valence electrons. The monoisotopic (exact) mass is 401 g/mol. The van der Waals surface area contributed by atoms with Crippen molar-refractivity contribution in [1.29, 1.82) is 0 Å². The fourth-order valence-corrected chi connectivity index (χ4v) is 3.74. The highest BCUT2D eigenvalue weighted by Gasteiger charge is 2.26. The van der Waals surface area contributed by atoms with Crippen LogP contribution in [0.4, 0.5) is 5.82 Å². The van der Waals surface area contributed by atoms with Gasteiger partial charge in [0.25, 0.3) is 0 Å². The molecule has 4 aromatic rings. The highest BCUT2D eigenvalue weighted by molar-refractivity contribution is 5.93. The van der Waals surface area contributed by atoms with Gasteiger partial charge in [-0.2, -0.15) is 10.2 Å². The molecule has 0 aliphatic carbocycles. The zero-order chi connectivity index (χ0) is 20.5. The van der Waals surface area contributed by atoms with Crippen LogP contribution in [-0.2, 0) is 4.84 Å². The zero-order valence-corrected chi connectivity index (χ0v) is 16.8. The van der Waals surface area contributed by atoms with Crippen LogP contribution in [0.15, 0.2) is 60.9 Å². The van der Waals surface area contributed by atoms with E-state index in [1.807, 2.05) is 61.6 Å². The van der Waals surface area contributed by atoms with Crippen LogP contribution in [0.2, 0.25) is 0 Å². The van der Waals surface area contributed by atoms with Crippen molar-refractivity contribution in [1.82, 2.24) is 30.5 Å². The SMILES string of the molecule is Cc1cc(-c2n[nH]c3cc(NC4NC(c5ccccc5)CN(C)O4)ncc23)ccn1. The van der Waals surface area contributed by atoms with Crippen LogP contribution in [0.25, 0.3) is 22.2 Å². The third-order valence-corrected chi connectivity index (χ3v) is 5.18. The highest BCUT2D eigenvalue weighted by Crippen LogP contribution is 2.27. The molecule has 4 heterocycles. The minimum atomic E-state index is -0.399. The molecule has 1 fully saturated rings. The van der Waals surface area contributed by atoms with E-state index in [4.69, 9.17) is 4.84 Å². The van der Waals surface area contributed by atoms with Crippen molar-refractivity contribution in [3.8, 4) is 11.3 Å². The number of aromatic amines is 1. The van der Waals surface area contributed by atoms with Gasteiger partial charge in [-0.05, 0) is 24.6 Å². The quantitative estimate of drug-likeness (QED) is 0.484. The van der Waals surface area contributed by atoms with Crippen LogP contribution in [-0.4, -0.2) is 45.2 Å². The molecule has 8 heteroatoms. The van der Waals surface area contributed by atoms with Gasteiger partial charge >= 0.3 is 0 Å². The molecule has 0 radical (unpaired) electrons. The first-order valence-corrected chi connectivity index (χ1v) is 9.88. The van der Waals surface area contributed by atoms with Gasteiger partial charge in [-0.3, -0.25) is 20.2 Å². The van der Waals surface area contributed by atoms with E-state index in [1.54, 1.807) is 6.20 Å². The minimum absolute atomic E-state index is 0.153. The zero-order valence-electron chi connectivity index (χ0n) is 16.8. The summed E-state index contributed by atoms with van der Waals surface area (Å²) >= 11 is 0. The molecule has 3 N–H and O–H groups in total. The summed E-state index contributed by atoms with van der Waals surface area (Å²) in [7, 11) is 1.93. The number of benzene rings is 1. The van der Waals surface area contributed by atoms with Crippen LogP contribution in [0.1, 0.15) is 17.3 Å². The summed E-state index contributed by atoms with van der Waals surface area (Å²) in [6.07, 6.45) is 3.22. The van der Waals surface area contributed by atoms with Crippen molar-refractivity contribution in [2.24, 2.45) is 0 Å². The van der Waals surface area contributed by atoms with Crippen molar-refractivity contribution in [2.75, 3.05) is 18.9 Å². The fraction of sp³-hybridized carbons (Fsp3) is 0.227. The second kappa shape index (κ2) is 7.83. The number of likely N-dealkylation sites (N-methyl/N-ethyl adjacent to an activating group) is 1. The van der Waals surface area contributed by atoms with Crippen LogP contribution >= 0.6 is 0 Å². The number of rotatable bonds is 4. The minimum Gasteiger partial charge on any atom is -0.331 e. The number of H-pyrrole nitrogens is 1. The Labute approximate surface area is 174 Å². The lowest BCUT2D eigenvalue weighted by molar-refractivity contribution is -0.215. The van der Waals surface area contributed by atoms with E-state index in [9.17, 15) is 0 Å². The number of nitrogens with zero attached hydrogens (tertiary/aromatic N) is 4. The molecule has 0 saturated carbocycles. The molecule has 1 aromatic carbocycles. The standard InChI is InChI=1S/C22H23N7O/c1-14-10-16(8-9-23-14)21-17-12-24-20(11-18(17)27-28-21)26-22-25-19(13-29(2)30-22)15-6-4-3-5-7-15/h3-12,19,22,25H,13H2,1-2H3,(H,24,26)(H,27,28). The predicted molar refractivity (Wildman–Crippen MR) is 115 cm³/mol. The summed E-state index contributed by atoms with van der Waals surface area (Å²) < 4.78 is 0. The second-order valence-corrected chi connectivity index (χ2v) is 7.44. The molecule has 1 aliphatic heterocycles. The fourth-order valence-electron chi connectivity index (χ4n) is 3.74. The molecule has 0 bridgehead atoms. The largest absolute Gasteiger partial charge is 0.331 e. The smallest absolute Gasteiger partial charge is 0.205 e. The Morgan fingerprint density at radius 2 is 2.00 bits per heavy atom. The van der Waals surface area contributed by atoms with E-state index < -0.39 is 6.35 Å². The van der Waals surface area contributed by atoms with Gasteiger partial charge < -0.3 is 5.32 Å². The maximum Gasteiger partial charge on any atom is 0.205 e. The summed E-state index contributed by atoms with van der Waals surface area (Å²) in [6, 6.07) is 16.4. The molecular weight excluding hydrogens is 378 g/mol. The van der Waals surface area contributed by atoms with E-state index in [0.29, 0.717) is 5.82 Å². The first-order chi connectivity index (χ1) is 14.7. The molecule has 2 atom stereocenters. The van der Waals surface area contributed by atoms with Crippen molar-refractivity contribution in [2.45, 2.75) is 19.3 Å². The maximum atomic E-state index is 5.88.